The fraction of sp³-hybridized carbons (Fsp3) is 0.478. The predicted molar refractivity (Wildman–Crippen MR) is 107 cm³/mol. The van der Waals surface area contributed by atoms with Crippen molar-refractivity contribution >= 4 is 11.8 Å². The van der Waals surface area contributed by atoms with E-state index in [4.69, 9.17) is 4.42 Å². The lowest BCUT2D eigenvalue weighted by Crippen LogP contribution is -2.49. The van der Waals surface area contributed by atoms with Gasteiger partial charge in [-0.1, -0.05) is 56.0 Å². The second kappa shape index (κ2) is 8.63. The number of rotatable bonds is 6. The fourth-order valence-electron chi connectivity index (χ4n) is 4.63. The van der Waals surface area contributed by atoms with Gasteiger partial charge in [0.2, 0.25) is 5.91 Å². The average molecular weight is 380 g/mol. The Morgan fingerprint density at radius 1 is 0.929 bits per heavy atom. The number of carbonyl (C=O) groups excluding carboxylic acids is 2. The summed E-state index contributed by atoms with van der Waals surface area (Å²) in [6.45, 7) is 0. The molecule has 1 heterocycles. The zero-order valence-electron chi connectivity index (χ0n) is 16.2. The lowest BCUT2D eigenvalue weighted by atomic mass is 10.00. The molecule has 28 heavy (non-hydrogen) atoms. The molecule has 2 fully saturated rings. The summed E-state index contributed by atoms with van der Waals surface area (Å²) in [6.07, 6.45) is 9.86. The predicted octanol–water partition coefficient (Wildman–Crippen LogP) is 4.46. The molecule has 0 unspecified atom stereocenters. The van der Waals surface area contributed by atoms with Gasteiger partial charge in [-0.05, 0) is 43.4 Å². The van der Waals surface area contributed by atoms with Crippen molar-refractivity contribution < 1.29 is 14.0 Å². The van der Waals surface area contributed by atoms with Crippen molar-refractivity contribution in [1.82, 2.24) is 10.2 Å². The molecule has 1 atom stereocenters. The molecule has 2 aliphatic rings. The molecule has 5 nitrogen and oxygen atoms in total. The second-order valence-corrected chi connectivity index (χ2v) is 7.93. The first kappa shape index (κ1) is 18.8. The monoisotopic (exact) mass is 380 g/mol. The highest BCUT2D eigenvalue weighted by molar-refractivity contribution is 5.96. The van der Waals surface area contributed by atoms with Gasteiger partial charge in [0.15, 0.2) is 5.76 Å². The van der Waals surface area contributed by atoms with E-state index in [2.05, 4.69) is 5.32 Å². The Balaban J connectivity index is 1.69. The average Bonchev–Trinajstić information content (AvgIpc) is 3.49. The van der Waals surface area contributed by atoms with E-state index in [1.165, 1.54) is 6.26 Å². The first-order chi connectivity index (χ1) is 13.7. The van der Waals surface area contributed by atoms with Crippen molar-refractivity contribution in [3.63, 3.8) is 0 Å². The third-order valence-corrected chi connectivity index (χ3v) is 6.03. The molecule has 5 heteroatoms. The summed E-state index contributed by atoms with van der Waals surface area (Å²) in [4.78, 5) is 28.6. The van der Waals surface area contributed by atoms with E-state index in [-0.39, 0.29) is 23.9 Å². The van der Waals surface area contributed by atoms with Crippen LogP contribution in [-0.4, -0.2) is 28.8 Å². The third kappa shape index (κ3) is 3.98. The normalized spacial score (nSPS) is 18.9. The Morgan fingerprint density at radius 2 is 1.61 bits per heavy atom. The smallest absolute Gasteiger partial charge is 0.290 e. The molecule has 1 aromatic carbocycles. The quantitative estimate of drug-likeness (QED) is 0.804. The van der Waals surface area contributed by atoms with Crippen LogP contribution in [0.5, 0.6) is 0 Å². The molecule has 0 aliphatic heterocycles. The highest BCUT2D eigenvalue weighted by atomic mass is 16.3. The third-order valence-electron chi connectivity index (χ3n) is 6.03. The number of nitrogens with one attached hydrogen (secondary N) is 1. The molecule has 1 aromatic heterocycles. The van der Waals surface area contributed by atoms with Crippen LogP contribution in [0.1, 0.15) is 73.5 Å². The molecule has 148 valence electrons. The van der Waals surface area contributed by atoms with Crippen molar-refractivity contribution in [3.8, 4) is 0 Å². The fourth-order valence-corrected chi connectivity index (χ4v) is 4.63. The van der Waals surface area contributed by atoms with Crippen LogP contribution in [0.15, 0.2) is 53.1 Å². The van der Waals surface area contributed by atoms with Crippen LogP contribution in [-0.2, 0) is 4.79 Å². The summed E-state index contributed by atoms with van der Waals surface area (Å²) in [5.41, 5.74) is 0.852. The van der Waals surface area contributed by atoms with Gasteiger partial charge >= 0.3 is 0 Å². The van der Waals surface area contributed by atoms with Crippen molar-refractivity contribution in [2.45, 2.75) is 69.5 Å². The first-order valence-corrected chi connectivity index (χ1v) is 10.5. The Labute approximate surface area is 166 Å². The van der Waals surface area contributed by atoms with Crippen LogP contribution >= 0.6 is 0 Å². The zero-order valence-corrected chi connectivity index (χ0v) is 16.2. The summed E-state index contributed by atoms with van der Waals surface area (Å²) in [5, 5.41) is 3.22. The lowest BCUT2D eigenvalue weighted by molar-refractivity contribution is -0.127. The van der Waals surface area contributed by atoms with Gasteiger partial charge in [0.25, 0.3) is 5.91 Å². The van der Waals surface area contributed by atoms with E-state index in [1.807, 2.05) is 30.3 Å². The molecule has 2 saturated carbocycles. The van der Waals surface area contributed by atoms with Gasteiger partial charge in [-0.25, -0.2) is 0 Å². The Morgan fingerprint density at radius 3 is 2.25 bits per heavy atom. The van der Waals surface area contributed by atoms with E-state index < -0.39 is 6.04 Å². The summed E-state index contributed by atoms with van der Waals surface area (Å²) in [7, 11) is 0. The minimum absolute atomic E-state index is 0.0529. The number of carbonyl (C=O) groups is 2. The van der Waals surface area contributed by atoms with E-state index in [0.29, 0.717) is 5.76 Å². The number of nitrogens with zero attached hydrogens (tertiary/aromatic N) is 1. The van der Waals surface area contributed by atoms with Crippen LogP contribution < -0.4 is 5.32 Å². The van der Waals surface area contributed by atoms with Crippen LogP contribution in [0.2, 0.25) is 0 Å². The summed E-state index contributed by atoms with van der Waals surface area (Å²) in [5.74, 6) is 0.0127. The maximum Gasteiger partial charge on any atom is 0.290 e. The van der Waals surface area contributed by atoms with Crippen LogP contribution in [0.4, 0.5) is 0 Å². The SMILES string of the molecule is O=C(NC1CCCC1)[C@H](c1ccccc1)N(C(=O)c1ccco1)C1CCCC1. The van der Waals surface area contributed by atoms with Crippen molar-refractivity contribution in [2.24, 2.45) is 0 Å². The van der Waals surface area contributed by atoms with Crippen molar-refractivity contribution in [1.29, 1.82) is 0 Å². The Kier molecular flexibility index (Phi) is 5.79. The van der Waals surface area contributed by atoms with Crippen molar-refractivity contribution in [2.75, 3.05) is 0 Å². The maximum atomic E-state index is 13.4. The molecule has 0 saturated heterocycles. The summed E-state index contributed by atoms with van der Waals surface area (Å²) in [6, 6.07) is 12.7. The Bertz CT molecular complexity index is 775. The van der Waals surface area contributed by atoms with Crippen molar-refractivity contribution in [3.05, 3.63) is 60.1 Å². The van der Waals surface area contributed by atoms with E-state index in [9.17, 15) is 9.59 Å². The molecular weight excluding hydrogens is 352 g/mol. The molecule has 1 N–H and O–H groups in total. The van der Waals surface area contributed by atoms with E-state index in [1.54, 1.807) is 17.0 Å². The van der Waals surface area contributed by atoms with E-state index >= 15 is 0 Å². The molecule has 0 radical (unpaired) electrons. The van der Waals surface area contributed by atoms with Gasteiger partial charge in [0.1, 0.15) is 6.04 Å². The molecular formula is C23H28N2O3. The topological polar surface area (TPSA) is 62.6 Å². The molecule has 0 spiro atoms. The Hall–Kier alpha value is -2.56. The van der Waals surface area contributed by atoms with Crippen LogP contribution in [0.3, 0.4) is 0 Å². The highest BCUT2D eigenvalue weighted by Gasteiger charge is 2.39. The number of hydrogen-bond donors (Lipinski definition) is 1. The van der Waals surface area contributed by atoms with Gasteiger partial charge in [0.05, 0.1) is 6.26 Å². The standard InChI is InChI=1S/C23H28N2O3/c26-22(24-18-11-4-5-12-18)21(17-9-2-1-3-10-17)25(19-13-6-7-14-19)23(27)20-15-8-16-28-20/h1-3,8-10,15-16,18-19,21H,4-7,11-14H2,(H,24,26)/t21-/m0/s1. The lowest BCUT2D eigenvalue weighted by Gasteiger charge is -2.36. The molecule has 2 aliphatic carbocycles. The maximum absolute atomic E-state index is 13.4. The highest BCUT2D eigenvalue weighted by Crippen LogP contribution is 2.33. The molecule has 2 aromatic rings. The largest absolute Gasteiger partial charge is 0.459 e. The summed E-state index contributed by atoms with van der Waals surface area (Å²) >= 11 is 0. The number of amides is 2. The van der Waals surface area contributed by atoms with E-state index in [0.717, 1.165) is 56.9 Å². The number of hydrogen-bond acceptors (Lipinski definition) is 3. The number of benzene rings is 1. The number of furan rings is 1. The van der Waals surface area contributed by atoms with Gasteiger partial charge < -0.3 is 14.6 Å². The van der Waals surface area contributed by atoms with Gasteiger partial charge in [-0.2, -0.15) is 0 Å². The molecule has 2 amide bonds. The molecule has 0 bridgehead atoms. The zero-order chi connectivity index (χ0) is 19.3. The minimum Gasteiger partial charge on any atom is -0.459 e. The van der Waals surface area contributed by atoms with Crippen LogP contribution in [0, 0.1) is 0 Å². The second-order valence-electron chi connectivity index (χ2n) is 7.93. The van der Waals surface area contributed by atoms with Crippen LogP contribution in [0.25, 0.3) is 0 Å². The minimum atomic E-state index is -0.637. The van der Waals surface area contributed by atoms with Gasteiger partial charge in [-0.15, -0.1) is 0 Å². The van der Waals surface area contributed by atoms with Gasteiger partial charge in [-0.3, -0.25) is 9.59 Å². The van der Waals surface area contributed by atoms with Gasteiger partial charge in [0, 0.05) is 12.1 Å². The molecule has 4 rings (SSSR count). The first-order valence-electron chi connectivity index (χ1n) is 10.5. The summed E-state index contributed by atoms with van der Waals surface area (Å²) < 4.78 is 5.41.